The van der Waals surface area contributed by atoms with Gasteiger partial charge in [0.05, 0.1) is 17.0 Å². The van der Waals surface area contributed by atoms with Gasteiger partial charge in [-0.25, -0.2) is 4.39 Å². The minimum absolute atomic E-state index is 0.0996. The first-order valence-electron chi connectivity index (χ1n) is 4.30. The number of aliphatic hydroxyl groups excluding tert-OH is 1. The highest BCUT2D eigenvalue weighted by molar-refractivity contribution is 6.30. The van der Waals surface area contributed by atoms with E-state index in [1.54, 1.807) is 0 Å². The molecule has 0 aliphatic heterocycles. The van der Waals surface area contributed by atoms with Gasteiger partial charge in [0.1, 0.15) is 5.82 Å². The lowest BCUT2D eigenvalue weighted by Gasteiger charge is -2.16. The molecule has 0 aliphatic rings. The number of benzene rings is 1. The minimum Gasteiger partial charge on any atom is -0.481 e. The number of halogens is 2. The fourth-order valence-electron chi connectivity index (χ4n) is 1.15. The first-order valence-corrected chi connectivity index (χ1v) is 4.67. The number of aliphatic hydroxyl groups is 1. The summed E-state index contributed by atoms with van der Waals surface area (Å²) in [5.74, 6) is -3.06. The Kier molecular flexibility index (Phi) is 3.66. The third-order valence-electron chi connectivity index (χ3n) is 2.16. The number of rotatable bonds is 3. The van der Waals surface area contributed by atoms with E-state index in [1.807, 2.05) is 0 Å². The highest BCUT2D eigenvalue weighted by Gasteiger charge is 2.25. The van der Waals surface area contributed by atoms with Crippen LogP contribution in [0, 0.1) is 11.7 Å². The van der Waals surface area contributed by atoms with E-state index in [4.69, 9.17) is 16.7 Å². The van der Waals surface area contributed by atoms with Gasteiger partial charge < -0.3 is 10.2 Å². The Morgan fingerprint density at radius 2 is 2.13 bits per heavy atom. The van der Waals surface area contributed by atoms with Crippen LogP contribution in [0.4, 0.5) is 4.39 Å². The van der Waals surface area contributed by atoms with E-state index < -0.39 is 23.8 Å². The maximum atomic E-state index is 13.4. The maximum absolute atomic E-state index is 13.4. The number of hydrogen-bond acceptors (Lipinski definition) is 2. The van der Waals surface area contributed by atoms with Crippen LogP contribution in [0.5, 0.6) is 0 Å². The van der Waals surface area contributed by atoms with Crippen LogP contribution < -0.4 is 0 Å². The third-order valence-corrected chi connectivity index (χ3v) is 2.46. The molecule has 1 aromatic carbocycles. The standard InChI is InChI=1S/C10H10ClFO3/c1-5(10(14)15)9(13)6-3-2-4-7(11)8(6)12/h2-5,9,13H,1H3,(H,14,15). The van der Waals surface area contributed by atoms with E-state index in [0.29, 0.717) is 0 Å². The molecule has 0 radical (unpaired) electrons. The molecule has 0 saturated carbocycles. The summed E-state index contributed by atoms with van der Waals surface area (Å²) in [6, 6.07) is 4.10. The topological polar surface area (TPSA) is 57.5 Å². The highest BCUT2D eigenvalue weighted by Crippen LogP contribution is 2.28. The molecule has 5 heteroatoms. The van der Waals surface area contributed by atoms with Crippen molar-refractivity contribution in [2.24, 2.45) is 5.92 Å². The zero-order valence-corrected chi connectivity index (χ0v) is 8.70. The third kappa shape index (κ3) is 2.46. The molecule has 3 nitrogen and oxygen atoms in total. The summed E-state index contributed by atoms with van der Waals surface area (Å²) in [5.41, 5.74) is -0.0996. The van der Waals surface area contributed by atoms with Crippen LogP contribution in [0.3, 0.4) is 0 Å². The van der Waals surface area contributed by atoms with Crippen molar-refractivity contribution in [2.45, 2.75) is 13.0 Å². The highest BCUT2D eigenvalue weighted by atomic mass is 35.5. The minimum atomic E-state index is -1.40. The summed E-state index contributed by atoms with van der Waals surface area (Å²) in [4.78, 5) is 10.6. The van der Waals surface area contributed by atoms with Crippen molar-refractivity contribution in [3.05, 3.63) is 34.6 Å². The van der Waals surface area contributed by atoms with Gasteiger partial charge in [0.15, 0.2) is 0 Å². The first kappa shape index (κ1) is 11.9. The molecule has 1 rings (SSSR count). The molecule has 0 spiro atoms. The molecule has 0 saturated heterocycles. The lowest BCUT2D eigenvalue weighted by atomic mass is 9.97. The van der Waals surface area contributed by atoms with Crippen LogP contribution in [0.15, 0.2) is 18.2 Å². The summed E-state index contributed by atoms with van der Waals surface area (Å²) in [5, 5.41) is 18.1. The summed E-state index contributed by atoms with van der Waals surface area (Å²) in [6.45, 7) is 1.30. The van der Waals surface area contributed by atoms with Crippen molar-refractivity contribution < 1.29 is 19.4 Å². The predicted molar refractivity (Wildman–Crippen MR) is 53.2 cm³/mol. The van der Waals surface area contributed by atoms with Crippen LogP contribution in [0.1, 0.15) is 18.6 Å². The summed E-state index contributed by atoms with van der Waals surface area (Å²) < 4.78 is 13.4. The van der Waals surface area contributed by atoms with E-state index in [-0.39, 0.29) is 10.6 Å². The fraction of sp³-hybridized carbons (Fsp3) is 0.300. The molecular formula is C10H10ClFO3. The van der Waals surface area contributed by atoms with Gasteiger partial charge in [0.25, 0.3) is 0 Å². The second-order valence-corrected chi connectivity index (χ2v) is 3.62. The Hall–Kier alpha value is -1.13. The van der Waals surface area contributed by atoms with Crippen molar-refractivity contribution in [1.29, 1.82) is 0 Å². The van der Waals surface area contributed by atoms with Crippen LogP contribution in [-0.4, -0.2) is 16.2 Å². The van der Waals surface area contributed by atoms with E-state index in [9.17, 15) is 14.3 Å². The monoisotopic (exact) mass is 232 g/mol. The molecular weight excluding hydrogens is 223 g/mol. The van der Waals surface area contributed by atoms with Crippen molar-refractivity contribution in [3.8, 4) is 0 Å². The molecule has 2 N–H and O–H groups in total. The van der Waals surface area contributed by atoms with Gasteiger partial charge in [-0.15, -0.1) is 0 Å². The van der Waals surface area contributed by atoms with E-state index in [0.717, 1.165) is 0 Å². The summed E-state index contributed by atoms with van der Waals surface area (Å²) in [7, 11) is 0. The molecule has 15 heavy (non-hydrogen) atoms. The fourth-order valence-corrected chi connectivity index (χ4v) is 1.34. The molecule has 0 fully saturated rings. The van der Waals surface area contributed by atoms with Gasteiger partial charge in [0, 0.05) is 5.56 Å². The SMILES string of the molecule is CC(C(=O)O)C(O)c1cccc(Cl)c1F. The number of carbonyl (C=O) groups is 1. The molecule has 82 valence electrons. The number of carboxylic acids is 1. The van der Waals surface area contributed by atoms with Gasteiger partial charge in [-0.05, 0) is 13.0 Å². The lowest BCUT2D eigenvalue weighted by molar-refractivity contribution is -0.145. The second-order valence-electron chi connectivity index (χ2n) is 3.21. The smallest absolute Gasteiger partial charge is 0.309 e. The molecule has 2 atom stereocenters. The Bertz CT molecular complexity index is 381. The lowest BCUT2D eigenvalue weighted by Crippen LogP contribution is -2.19. The second kappa shape index (κ2) is 4.59. The normalized spacial score (nSPS) is 14.7. The maximum Gasteiger partial charge on any atom is 0.309 e. The van der Waals surface area contributed by atoms with E-state index >= 15 is 0 Å². The van der Waals surface area contributed by atoms with Crippen LogP contribution >= 0.6 is 11.6 Å². The number of aliphatic carboxylic acids is 1. The van der Waals surface area contributed by atoms with E-state index in [2.05, 4.69) is 0 Å². The van der Waals surface area contributed by atoms with Gasteiger partial charge in [-0.2, -0.15) is 0 Å². The van der Waals surface area contributed by atoms with Gasteiger partial charge in [-0.1, -0.05) is 23.7 Å². The Morgan fingerprint density at radius 3 is 2.67 bits per heavy atom. The van der Waals surface area contributed by atoms with Gasteiger partial charge in [-0.3, -0.25) is 4.79 Å². The van der Waals surface area contributed by atoms with Crippen molar-refractivity contribution in [3.63, 3.8) is 0 Å². The average Bonchev–Trinajstić information content (AvgIpc) is 2.20. The van der Waals surface area contributed by atoms with E-state index in [1.165, 1.54) is 25.1 Å². The molecule has 0 aromatic heterocycles. The van der Waals surface area contributed by atoms with Crippen LogP contribution in [0.2, 0.25) is 5.02 Å². The molecule has 0 aliphatic carbocycles. The molecule has 1 aromatic rings. The molecule has 0 amide bonds. The van der Waals surface area contributed by atoms with Crippen molar-refractivity contribution in [2.75, 3.05) is 0 Å². The number of carboxylic acid groups (broad SMARTS) is 1. The van der Waals surface area contributed by atoms with Gasteiger partial charge >= 0.3 is 5.97 Å². The first-order chi connectivity index (χ1) is 6.95. The average molecular weight is 233 g/mol. The summed E-state index contributed by atoms with van der Waals surface area (Å²) >= 11 is 5.51. The molecule has 0 heterocycles. The molecule has 2 unspecified atom stereocenters. The van der Waals surface area contributed by atoms with Crippen molar-refractivity contribution >= 4 is 17.6 Å². The Balaban J connectivity index is 3.06. The van der Waals surface area contributed by atoms with Gasteiger partial charge in [0.2, 0.25) is 0 Å². The Morgan fingerprint density at radius 1 is 1.53 bits per heavy atom. The zero-order chi connectivity index (χ0) is 11.6. The zero-order valence-electron chi connectivity index (χ0n) is 7.95. The van der Waals surface area contributed by atoms with Crippen LogP contribution in [0.25, 0.3) is 0 Å². The Labute approximate surface area is 91.1 Å². The largest absolute Gasteiger partial charge is 0.481 e. The van der Waals surface area contributed by atoms with Crippen LogP contribution in [-0.2, 0) is 4.79 Å². The van der Waals surface area contributed by atoms with Crippen molar-refractivity contribution in [1.82, 2.24) is 0 Å². The predicted octanol–water partition coefficient (Wildman–Crippen LogP) is 2.23. The number of hydrogen-bond donors (Lipinski definition) is 2. The molecule has 0 bridgehead atoms. The summed E-state index contributed by atoms with van der Waals surface area (Å²) in [6.07, 6.45) is -1.40. The quantitative estimate of drug-likeness (QED) is 0.840.